The van der Waals surface area contributed by atoms with Gasteiger partial charge in [-0.15, -0.1) is 0 Å². The molecule has 0 saturated heterocycles. The summed E-state index contributed by atoms with van der Waals surface area (Å²) in [6.45, 7) is 7.70. The number of rotatable bonds is 3. The molecule has 0 atom stereocenters. The molecule has 1 nitrogen and oxygen atoms in total. The summed E-state index contributed by atoms with van der Waals surface area (Å²) in [6, 6.07) is 6.72. The highest BCUT2D eigenvalue weighted by Gasteiger charge is 2.30. The molecule has 0 heterocycles. The van der Waals surface area contributed by atoms with E-state index >= 15 is 0 Å². The van der Waals surface area contributed by atoms with Gasteiger partial charge in [0.15, 0.2) is 0 Å². The van der Waals surface area contributed by atoms with Crippen LogP contribution < -0.4 is 5.32 Å². The molecule has 1 aromatic carbocycles. The van der Waals surface area contributed by atoms with E-state index in [0.717, 1.165) is 6.54 Å². The topological polar surface area (TPSA) is 12.0 Å². The van der Waals surface area contributed by atoms with Crippen LogP contribution in [-0.4, -0.2) is 5.54 Å². The molecule has 82 valence electrons. The molecule has 1 saturated carbocycles. The fourth-order valence-electron chi connectivity index (χ4n) is 2.24. The second kappa shape index (κ2) is 3.97. The molecule has 0 unspecified atom stereocenters. The first-order valence-corrected chi connectivity index (χ1v) is 5.90. The summed E-state index contributed by atoms with van der Waals surface area (Å²) in [7, 11) is 0. The Kier molecular flexibility index (Phi) is 2.83. The summed E-state index contributed by atoms with van der Waals surface area (Å²) in [5.74, 6) is 0. The second-order valence-electron chi connectivity index (χ2n) is 5.20. The van der Waals surface area contributed by atoms with Crippen molar-refractivity contribution in [3.8, 4) is 0 Å². The molecule has 0 aliphatic heterocycles. The maximum atomic E-state index is 3.67. The van der Waals surface area contributed by atoms with Gasteiger partial charge in [-0.05, 0) is 51.2 Å². The number of aryl methyl sites for hydroxylation is 2. The van der Waals surface area contributed by atoms with Crippen LogP contribution in [0.4, 0.5) is 0 Å². The number of benzene rings is 1. The largest absolute Gasteiger partial charge is 0.307 e. The highest BCUT2D eigenvalue weighted by atomic mass is 15.0. The van der Waals surface area contributed by atoms with Gasteiger partial charge in [0.1, 0.15) is 0 Å². The maximum Gasteiger partial charge on any atom is 0.0213 e. The SMILES string of the molecule is Cc1ccc(CNC2(C)CCC2)c(C)c1. The Balaban J connectivity index is 1.98. The van der Waals surface area contributed by atoms with E-state index < -0.39 is 0 Å². The first-order chi connectivity index (χ1) is 7.09. The summed E-state index contributed by atoms with van der Waals surface area (Å²) >= 11 is 0. The minimum atomic E-state index is 0.414. The molecule has 0 spiro atoms. The van der Waals surface area contributed by atoms with Crippen molar-refractivity contribution < 1.29 is 0 Å². The van der Waals surface area contributed by atoms with Crippen LogP contribution in [0.3, 0.4) is 0 Å². The van der Waals surface area contributed by atoms with Gasteiger partial charge >= 0.3 is 0 Å². The van der Waals surface area contributed by atoms with Crippen molar-refractivity contribution >= 4 is 0 Å². The predicted octanol–water partition coefficient (Wildman–Crippen LogP) is 3.34. The van der Waals surface area contributed by atoms with Crippen LogP contribution in [-0.2, 0) is 6.54 Å². The van der Waals surface area contributed by atoms with E-state index in [9.17, 15) is 0 Å². The van der Waals surface area contributed by atoms with Gasteiger partial charge in [0, 0.05) is 12.1 Å². The third-order valence-corrected chi connectivity index (χ3v) is 3.66. The molecule has 1 heteroatoms. The molecule has 0 radical (unpaired) electrons. The summed E-state index contributed by atoms with van der Waals surface area (Å²) in [4.78, 5) is 0. The Morgan fingerprint density at radius 3 is 2.53 bits per heavy atom. The first-order valence-electron chi connectivity index (χ1n) is 5.90. The van der Waals surface area contributed by atoms with Crippen LogP contribution in [0.1, 0.15) is 42.9 Å². The number of hydrogen-bond donors (Lipinski definition) is 1. The molecule has 1 aliphatic rings. The van der Waals surface area contributed by atoms with E-state index in [1.54, 1.807) is 0 Å². The Morgan fingerprint density at radius 1 is 1.27 bits per heavy atom. The third kappa shape index (κ3) is 2.40. The van der Waals surface area contributed by atoms with E-state index in [0.29, 0.717) is 5.54 Å². The fraction of sp³-hybridized carbons (Fsp3) is 0.571. The molecule has 1 fully saturated rings. The van der Waals surface area contributed by atoms with Crippen molar-refractivity contribution in [3.05, 3.63) is 34.9 Å². The summed E-state index contributed by atoms with van der Waals surface area (Å²) in [5.41, 5.74) is 4.61. The van der Waals surface area contributed by atoms with Crippen LogP contribution >= 0.6 is 0 Å². The predicted molar refractivity (Wildman–Crippen MR) is 65.0 cm³/mol. The molecule has 2 rings (SSSR count). The normalized spacial score (nSPS) is 18.6. The summed E-state index contributed by atoms with van der Waals surface area (Å²) in [6.07, 6.45) is 4.05. The van der Waals surface area contributed by atoms with Gasteiger partial charge in [-0.25, -0.2) is 0 Å². The van der Waals surface area contributed by atoms with Gasteiger partial charge in [-0.1, -0.05) is 23.8 Å². The van der Waals surface area contributed by atoms with Gasteiger partial charge < -0.3 is 5.32 Å². The second-order valence-corrected chi connectivity index (χ2v) is 5.20. The molecule has 15 heavy (non-hydrogen) atoms. The Bertz CT molecular complexity index is 350. The monoisotopic (exact) mass is 203 g/mol. The van der Waals surface area contributed by atoms with Crippen LogP contribution in [0.2, 0.25) is 0 Å². The van der Waals surface area contributed by atoms with Crippen molar-refractivity contribution in [2.24, 2.45) is 0 Å². The molecular weight excluding hydrogens is 182 g/mol. The molecule has 1 aliphatic carbocycles. The number of nitrogens with one attached hydrogen (secondary N) is 1. The zero-order valence-corrected chi connectivity index (χ0v) is 10.1. The summed E-state index contributed by atoms with van der Waals surface area (Å²) < 4.78 is 0. The van der Waals surface area contributed by atoms with Crippen molar-refractivity contribution in [3.63, 3.8) is 0 Å². The van der Waals surface area contributed by atoms with Gasteiger partial charge in [0.2, 0.25) is 0 Å². The lowest BCUT2D eigenvalue weighted by Gasteiger charge is -2.39. The van der Waals surface area contributed by atoms with E-state index in [4.69, 9.17) is 0 Å². The van der Waals surface area contributed by atoms with Gasteiger partial charge in [-0.3, -0.25) is 0 Å². The number of hydrogen-bond acceptors (Lipinski definition) is 1. The lowest BCUT2D eigenvalue weighted by molar-refractivity contribution is 0.206. The van der Waals surface area contributed by atoms with Gasteiger partial charge in [0.05, 0.1) is 0 Å². The molecule has 1 N–H and O–H groups in total. The molecule has 0 aromatic heterocycles. The fourth-order valence-corrected chi connectivity index (χ4v) is 2.24. The zero-order valence-electron chi connectivity index (χ0n) is 10.1. The zero-order chi connectivity index (χ0) is 10.9. The Morgan fingerprint density at radius 2 is 2.00 bits per heavy atom. The van der Waals surface area contributed by atoms with Crippen LogP contribution in [0, 0.1) is 13.8 Å². The van der Waals surface area contributed by atoms with Crippen LogP contribution in [0.15, 0.2) is 18.2 Å². The van der Waals surface area contributed by atoms with Gasteiger partial charge in [0.25, 0.3) is 0 Å². The van der Waals surface area contributed by atoms with Crippen LogP contribution in [0.25, 0.3) is 0 Å². The quantitative estimate of drug-likeness (QED) is 0.794. The lowest BCUT2D eigenvalue weighted by Crippen LogP contribution is -2.47. The Labute approximate surface area is 92.9 Å². The lowest BCUT2D eigenvalue weighted by atomic mass is 9.78. The molecular formula is C14H21N. The highest BCUT2D eigenvalue weighted by molar-refractivity contribution is 5.30. The standard InChI is InChI=1S/C14H21N/c1-11-5-6-13(12(2)9-11)10-15-14(3)7-4-8-14/h5-6,9,15H,4,7-8,10H2,1-3H3. The smallest absolute Gasteiger partial charge is 0.0213 e. The molecule has 0 bridgehead atoms. The van der Waals surface area contributed by atoms with Crippen molar-refractivity contribution in [1.29, 1.82) is 0 Å². The van der Waals surface area contributed by atoms with Crippen molar-refractivity contribution in [2.45, 2.75) is 52.1 Å². The molecule has 0 amide bonds. The highest BCUT2D eigenvalue weighted by Crippen LogP contribution is 2.31. The third-order valence-electron chi connectivity index (χ3n) is 3.66. The van der Waals surface area contributed by atoms with Crippen molar-refractivity contribution in [1.82, 2.24) is 5.32 Å². The maximum absolute atomic E-state index is 3.67. The average molecular weight is 203 g/mol. The van der Waals surface area contributed by atoms with Crippen molar-refractivity contribution in [2.75, 3.05) is 0 Å². The minimum Gasteiger partial charge on any atom is -0.307 e. The average Bonchev–Trinajstić information content (AvgIpc) is 2.14. The van der Waals surface area contributed by atoms with Crippen LogP contribution in [0.5, 0.6) is 0 Å². The van der Waals surface area contributed by atoms with E-state index in [1.807, 2.05) is 0 Å². The van der Waals surface area contributed by atoms with E-state index in [1.165, 1.54) is 36.0 Å². The Hall–Kier alpha value is -0.820. The first kappa shape index (κ1) is 10.7. The van der Waals surface area contributed by atoms with E-state index in [-0.39, 0.29) is 0 Å². The van der Waals surface area contributed by atoms with E-state index in [2.05, 4.69) is 44.3 Å². The molecule has 1 aromatic rings. The summed E-state index contributed by atoms with van der Waals surface area (Å²) in [5, 5.41) is 3.67. The minimum absolute atomic E-state index is 0.414. The van der Waals surface area contributed by atoms with Gasteiger partial charge in [-0.2, -0.15) is 0 Å².